The lowest BCUT2D eigenvalue weighted by atomic mass is 9.95. The summed E-state index contributed by atoms with van der Waals surface area (Å²) in [5, 5.41) is 2.86. The molecule has 1 fully saturated rings. The van der Waals surface area contributed by atoms with Crippen molar-refractivity contribution >= 4 is 61.1 Å². The van der Waals surface area contributed by atoms with E-state index in [0.29, 0.717) is 18.5 Å². The number of esters is 1. The number of ether oxygens (including phenoxy) is 1. The Balaban J connectivity index is 1.61. The summed E-state index contributed by atoms with van der Waals surface area (Å²) in [5.74, 6) is -0.889. The molecule has 5 nitrogen and oxygen atoms in total. The molecule has 1 amide bonds. The minimum absolute atomic E-state index is 0.0961. The molecule has 1 heterocycles. The van der Waals surface area contributed by atoms with E-state index in [0.717, 1.165) is 15.9 Å². The van der Waals surface area contributed by atoms with Crippen molar-refractivity contribution in [1.82, 2.24) is 4.90 Å². The Morgan fingerprint density at radius 2 is 1.38 bits per heavy atom. The van der Waals surface area contributed by atoms with Crippen molar-refractivity contribution in [2.45, 2.75) is 50.7 Å². The molecule has 0 aromatic heterocycles. The minimum Gasteiger partial charge on any atom is -0.424 e. The van der Waals surface area contributed by atoms with Gasteiger partial charge in [0, 0.05) is 13.5 Å². The number of benzene rings is 3. The van der Waals surface area contributed by atoms with Crippen LogP contribution in [0.15, 0.2) is 104 Å². The molecule has 0 bridgehead atoms. The van der Waals surface area contributed by atoms with Crippen LogP contribution >= 0.6 is 19.5 Å². The summed E-state index contributed by atoms with van der Waals surface area (Å²) >= 11 is 4.69. The molecule has 1 saturated heterocycles. The smallest absolute Gasteiger partial charge is 0.331 e. The molecule has 8 heteroatoms. The third-order valence-corrected chi connectivity index (χ3v) is 17.8. The molecule has 222 valence electrons. The highest BCUT2D eigenvalue weighted by molar-refractivity contribution is 7.95. The third-order valence-electron chi connectivity index (χ3n) is 8.43. The summed E-state index contributed by atoms with van der Waals surface area (Å²) in [6.07, 6.45) is 2.23. The maximum Gasteiger partial charge on any atom is 0.331 e. The van der Waals surface area contributed by atoms with Crippen LogP contribution in [0.25, 0.3) is 0 Å². The molecule has 3 aromatic carbocycles. The first kappa shape index (κ1) is 32.1. The van der Waals surface area contributed by atoms with E-state index in [9.17, 15) is 9.59 Å². The number of amides is 1. The lowest BCUT2D eigenvalue weighted by Crippen LogP contribution is -2.60. The lowest BCUT2D eigenvalue weighted by molar-refractivity contribution is -0.157. The highest BCUT2D eigenvalue weighted by Crippen LogP contribution is 2.47. The number of nitrogens with zero attached hydrogens (tertiary/aromatic N) is 1. The van der Waals surface area contributed by atoms with Crippen LogP contribution in [0, 0.1) is 5.92 Å². The van der Waals surface area contributed by atoms with Crippen LogP contribution in [0.3, 0.4) is 0 Å². The predicted octanol–water partition coefficient (Wildman–Crippen LogP) is 5.97. The van der Waals surface area contributed by atoms with E-state index in [1.165, 1.54) is 4.90 Å². The van der Waals surface area contributed by atoms with E-state index in [-0.39, 0.29) is 28.8 Å². The average molecular weight is 620 g/mol. The Kier molecular flexibility index (Phi) is 10.1. The molecular weight excluding hydrogens is 578 g/mol. The van der Waals surface area contributed by atoms with Crippen molar-refractivity contribution in [2.24, 2.45) is 5.92 Å². The van der Waals surface area contributed by atoms with Gasteiger partial charge in [-0.1, -0.05) is 118 Å². The van der Waals surface area contributed by atoms with Crippen LogP contribution in [0.2, 0.25) is 18.1 Å². The van der Waals surface area contributed by atoms with Gasteiger partial charge in [0.25, 0.3) is 0 Å². The average Bonchev–Trinajstić information content (AvgIpc) is 2.99. The lowest BCUT2D eigenvalue weighted by Gasteiger charge is -2.44. The molecule has 2 atom stereocenters. The summed E-state index contributed by atoms with van der Waals surface area (Å²) < 4.78 is 12.5. The van der Waals surface area contributed by atoms with Gasteiger partial charge in [-0.2, -0.15) is 12.6 Å². The van der Waals surface area contributed by atoms with Gasteiger partial charge < -0.3 is 14.1 Å². The second-order valence-electron chi connectivity index (χ2n) is 12.1. The summed E-state index contributed by atoms with van der Waals surface area (Å²) in [6.45, 7) is 12.8. The molecular formula is C34H42NO4PSSi. The van der Waals surface area contributed by atoms with Gasteiger partial charge in [-0.05, 0) is 46.5 Å². The fraction of sp³-hybridized carbons (Fsp3) is 0.324. The third kappa shape index (κ3) is 6.40. The Labute approximate surface area is 257 Å². The topological polar surface area (TPSA) is 55.8 Å². The Morgan fingerprint density at radius 1 is 0.929 bits per heavy atom. The van der Waals surface area contributed by atoms with Gasteiger partial charge in [0.15, 0.2) is 8.32 Å². The summed E-state index contributed by atoms with van der Waals surface area (Å²) in [5.41, 5.74) is 0.485. The monoisotopic (exact) mass is 619 g/mol. The molecule has 0 N–H and O–H groups in total. The number of hydrogen-bond acceptors (Lipinski definition) is 5. The molecule has 0 aliphatic carbocycles. The van der Waals surface area contributed by atoms with Crippen molar-refractivity contribution in [3.63, 3.8) is 0 Å². The van der Waals surface area contributed by atoms with Crippen LogP contribution in [-0.2, 0) is 18.8 Å². The molecule has 0 spiro atoms. The first-order chi connectivity index (χ1) is 19.9. The van der Waals surface area contributed by atoms with E-state index >= 15 is 0 Å². The Morgan fingerprint density at radius 3 is 1.76 bits per heavy atom. The normalized spacial score (nSPS) is 17.4. The zero-order chi connectivity index (χ0) is 30.5. The number of carbonyl (C=O) groups is 2. The van der Waals surface area contributed by atoms with Crippen molar-refractivity contribution in [1.29, 1.82) is 0 Å². The Bertz CT molecular complexity index is 1350. The number of hydrogen-bond donors (Lipinski definition) is 1. The molecule has 1 aliphatic heterocycles. The zero-order valence-corrected chi connectivity index (χ0v) is 28.0. The highest BCUT2D eigenvalue weighted by atomic mass is 32.1. The molecule has 3 aromatic rings. The molecule has 1 unspecified atom stereocenters. The predicted molar refractivity (Wildman–Crippen MR) is 182 cm³/mol. The molecule has 0 saturated carbocycles. The van der Waals surface area contributed by atoms with Gasteiger partial charge in [0.1, 0.15) is 12.0 Å². The second-order valence-corrected chi connectivity index (χ2v) is 20.7. The second kappa shape index (κ2) is 13.2. The standard InChI is InChI=1S/C34H42NO4PSSi/c1-7-31(39-30(36)25-35-32(37)29(33(35)41)23-24-38-42(5,6)34(2,3)4)40(26-17-11-8-12-18-26,27-19-13-9-14-20-27)28-21-15-10-16-22-28/h7-22,29,33,41H,1,23-25H2,2-6H3/t29-,33?/m0/s1. The van der Waals surface area contributed by atoms with Crippen LogP contribution in [-0.4, -0.2) is 49.1 Å². The number of likely N-dealkylation sites (tertiary alicyclic amines) is 1. The Hall–Kier alpha value is -2.83. The van der Waals surface area contributed by atoms with Gasteiger partial charge in [-0.15, -0.1) is 0 Å². The SMILES string of the molecule is C=CC(OC(=O)CN1C(=O)[C@H](CCO[Si](C)(C)C(C)(C)C)C1S)=P(c1ccccc1)(c1ccccc1)c1ccccc1. The van der Waals surface area contributed by atoms with Gasteiger partial charge >= 0.3 is 5.97 Å². The number of thiol groups is 1. The van der Waals surface area contributed by atoms with Crippen LogP contribution < -0.4 is 15.9 Å². The number of β-lactam (4-membered cyclic amide) rings is 1. The number of rotatable bonds is 11. The van der Waals surface area contributed by atoms with Crippen LogP contribution in [0.5, 0.6) is 0 Å². The highest BCUT2D eigenvalue weighted by Gasteiger charge is 2.46. The van der Waals surface area contributed by atoms with Crippen LogP contribution in [0.1, 0.15) is 27.2 Å². The minimum atomic E-state index is -2.62. The van der Waals surface area contributed by atoms with Crippen LogP contribution in [0.4, 0.5) is 0 Å². The zero-order valence-electron chi connectivity index (χ0n) is 25.2. The fourth-order valence-electron chi connectivity index (χ4n) is 5.03. The van der Waals surface area contributed by atoms with E-state index in [1.54, 1.807) is 6.08 Å². The van der Waals surface area contributed by atoms with E-state index in [1.807, 2.05) is 54.6 Å². The fourth-order valence-corrected chi connectivity index (χ4v) is 10.6. The van der Waals surface area contributed by atoms with E-state index < -0.39 is 21.2 Å². The maximum atomic E-state index is 13.5. The van der Waals surface area contributed by atoms with Gasteiger partial charge in [0.2, 0.25) is 5.91 Å². The largest absolute Gasteiger partial charge is 0.424 e. The molecule has 0 radical (unpaired) electrons. The summed E-state index contributed by atoms with van der Waals surface area (Å²) in [4.78, 5) is 28.1. The first-order valence-corrected chi connectivity index (χ1v) is 19.5. The summed E-state index contributed by atoms with van der Waals surface area (Å²) in [6, 6.07) is 30.4. The maximum absolute atomic E-state index is 13.5. The van der Waals surface area contributed by atoms with Gasteiger partial charge in [0.05, 0.1) is 11.3 Å². The number of carbonyl (C=O) groups excluding carboxylic acids is 2. The van der Waals surface area contributed by atoms with Crippen molar-refractivity contribution in [3.05, 3.63) is 104 Å². The van der Waals surface area contributed by atoms with E-state index in [2.05, 4.69) is 89.5 Å². The molecule has 1 aliphatic rings. The summed E-state index contributed by atoms with van der Waals surface area (Å²) in [7, 11) is -1.91. The molecule has 4 rings (SSSR count). The first-order valence-electron chi connectivity index (χ1n) is 14.3. The van der Waals surface area contributed by atoms with Crippen molar-refractivity contribution in [3.8, 4) is 0 Å². The van der Waals surface area contributed by atoms with Gasteiger partial charge in [-0.25, -0.2) is 4.79 Å². The van der Waals surface area contributed by atoms with Crippen molar-refractivity contribution in [2.75, 3.05) is 13.2 Å². The van der Waals surface area contributed by atoms with Gasteiger partial charge in [-0.3, -0.25) is 4.79 Å². The van der Waals surface area contributed by atoms with E-state index in [4.69, 9.17) is 9.16 Å². The quantitative estimate of drug-likeness (QED) is 0.0946. The molecule has 42 heavy (non-hydrogen) atoms. The van der Waals surface area contributed by atoms with Crippen molar-refractivity contribution < 1.29 is 18.8 Å².